The highest BCUT2D eigenvalue weighted by atomic mass is 16.5. The number of carbonyl (C=O) groups excluding carboxylic acids is 2. The van der Waals surface area contributed by atoms with Gasteiger partial charge in [-0.25, -0.2) is 0 Å². The van der Waals surface area contributed by atoms with Crippen LogP contribution in [-0.2, 0) is 16.0 Å². The summed E-state index contributed by atoms with van der Waals surface area (Å²) < 4.78 is 5.58. The summed E-state index contributed by atoms with van der Waals surface area (Å²) in [6, 6.07) is 16.2. The van der Waals surface area contributed by atoms with Gasteiger partial charge in [0, 0.05) is 30.1 Å². The fourth-order valence-electron chi connectivity index (χ4n) is 7.12. The maximum Gasteiger partial charge on any atom is 0.230 e. The molecule has 0 aliphatic heterocycles. The molecule has 0 spiro atoms. The van der Waals surface area contributed by atoms with Crippen molar-refractivity contribution in [2.75, 3.05) is 12.4 Å². The molecule has 168 valence electrons. The number of anilines is 1. The standard InChI is InChI=1S/C27H32N2O3/c1-18(30)29-27-15-20-10-21(16-27)14-26(13-20,17-27)25(31)28-23-8-9-24(32-2)22(12-23)11-19-6-4-3-5-7-19/h3-9,12,20-21H,10-11,13-17H2,1-2H3,(H,28,31)(H,29,30). The van der Waals surface area contributed by atoms with E-state index < -0.39 is 0 Å². The van der Waals surface area contributed by atoms with Crippen molar-refractivity contribution < 1.29 is 14.3 Å². The van der Waals surface area contributed by atoms with Crippen LogP contribution in [0.3, 0.4) is 0 Å². The van der Waals surface area contributed by atoms with Crippen LogP contribution in [-0.4, -0.2) is 24.5 Å². The molecule has 0 radical (unpaired) electrons. The molecule has 4 bridgehead atoms. The van der Waals surface area contributed by atoms with Crippen molar-refractivity contribution in [2.24, 2.45) is 17.3 Å². The van der Waals surface area contributed by atoms with Gasteiger partial charge in [-0.05, 0) is 74.1 Å². The van der Waals surface area contributed by atoms with Crippen LogP contribution in [0.25, 0.3) is 0 Å². The van der Waals surface area contributed by atoms with Crippen LogP contribution < -0.4 is 15.4 Å². The first-order valence-electron chi connectivity index (χ1n) is 11.7. The number of hydrogen-bond acceptors (Lipinski definition) is 3. The van der Waals surface area contributed by atoms with Crippen molar-refractivity contribution in [3.05, 3.63) is 59.7 Å². The van der Waals surface area contributed by atoms with Crippen LogP contribution in [0.2, 0.25) is 0 Å². The number of amides is 2. The number of methoxy groups -OCH3 is 1. The van der Waals surface area contributed by atoms with Crippen LogP contribution in [0.4, 0.5) is 5.69 Å². The molecule has 2 unspecified atom stereocenters. The number of rotatable bonds is 6. The smallest absolute Gasteiger partial charge is 0.230 e. The van der Waals surface area contributed by atoms with Crippen LogP contribution in [0, 0.1) is 17.3 Å². The lowest BCUT2D eigenvalue weighted by molar-refractivity contribution is -0.148. The van der Waals surface area contributed by atoms with E-state index in [0.29, 0.717) is 11.8 Å². The molecule has 5 heteroatoms. The first-order chi connectivity index (χ1) is 15.4. The Bertz CT molecular complexity index is 1020. The molecule has 5 nitrogen and oxygen atoms in total. The number of ether oxygens (including phenoxy) is 1. The molecule has 2 amide bonds. The summed E-state index contributed by atoms with van der Waals surface area (Å²) in [6.07, 6.45) is 6.59. The molecule has 2 aromatic rings. The first-order valence-corrected chi connectivity index (χ1v) is 11.7. The molecule has 6 rings (SSSR count). The summed E-state index contributed by atoms with van der Waals surface area (Å²) in [7, 11) is 1.68. The van der Waals surface area contributed by atoms with Gasteiger partial charge in [0.25, 0.3) is 0 Å². The predicted octanol–water partition coefficient (Wildman–Crippen LogP) is 4.70. The Hall–Kier alpha value is -2.82. The third kappa shape index (κ3) is 3.89. The highest BCUT2D eigenvalue weighted by molar-refractivity contribution is 5.96. The SMILES string of the molecule is COc1ccc(NC(=O)C23CC4CC(CC(NC(C)=O)(C4)C2)C3)cc1Cc1ccccc1. The van der Waals surface area contributed by atoms with Crippen LogP contribution in [0.5, 0.6) is 5.75 Å². The fourth-order valence-corrected chi connectivity index (χ4v) is 7.12. The molecule has 2 atom stereocenters. The van der Waals surface area contributed by atoms with E-state index in [9.17, 15) is 9.59 Å². The first kappa shape index (κ1) is 21.0. The van der Waals surface area contributed by atoms with Gasteiger partial charge >= 0.3 is 0 Å². The topological polar surface area (TPSA) is 67.4 Å². The monoisotopic (exact) mass is 432 g/mol. The third-order valence-corrected chi connectivity index (χ3v) is 7.76. The molecule has 32 heavy (non-hydrogen) atoms. The second-order valence-corrected chi connectivity index (χ2v) is 10.3. The second kappa shape index (κ2) is 7.95. The molecular weight excluding hydrogens is 400 g/mol. The highest BCUT2D eigenvalue weighted by Crippen LogP contribution is 2.61. The maximum absolute atomic E-state index is 13.7. The second-order valence-electron chi connectivity index (χ2n) is 10.3. The molecule has 0 heterocycles. The fraction of sp³-hybridized carbons (Fsp3) is 0.481. The molecule has 4 aliphatic carbocycles. The molecule has 4 fully saturated rings. The summed E-state index contributed by atoms with van der Waals surface area (Å²) in [5.41, 5.74) is 2.48. The molecule has 0 aromatic heterocycles. The van der Waals surface area contributed by atoms with Gasteiger partial charge in [-0.1, -0.05) is 30.3 Å². The average Bonchev–Trinajstić information content (AvgIpc) is 2.73. The Labute approximate surface area is 189 Å². The van der Waals surface area contributed by atoms with E-state index in [2.05, 4.69) is 22.8 Å². The lowest BCUT2D eigenvalue weighted by Crippen LogP contribution is -2.65. The summed E-state index contributed by atoms with van der Waals surface area (Å²) >= 11 is 0. The molecule has 4 saturated carbocycles. The zero-order valence-corrected chi connectivity index (χ0v) is 18.9. The van der Waals surface area contributed by atoms with Gasteiger partial charge < -0.3 is 15.4 Å². The van der Waals surface area contributed by atoms with E-state index in [0.717, 1.165) is 55.5 Å². The zero-order valence-electron chi connectivity index (χ0n) is 18.9. The Kier molecular flexibility index (Phi) is 5.23. The van der Waals surface area contributed by atoms with Gasteiger partial charge in [0.15, 0.2) is 0 Å². The van der Waals surface area contributed by atoms with Gasteiger partial charge in [-0.2, -0.15) is 0 Å². The normalized spacial score (nSPS) is 30.1. The molecular formula is C27H32N2O3. The lowest BCUT2D eigenvalue weighted by Gasteiger charge is -2.61. The third-order valence-electron chi connectivity index (χ3n) is 7.76. The zero-order chi connectivity index (χ0) is 22.3. The summed E-state index contributed by atoms with van der Waals surface area (Å²) in [5.74, 6) is 2.00. The Balaban J connectivity index is 1.38. The Morgan fingerprint density at radius 1 is 1.03 bits per heavy atom. The van der Waals surface area contributed by atoms with Crippen LogP contribution >= 0.6 is 0 Å². The minimum atomic E-state index is -0.383. The lowest BCUT2D eigenvalue weighted by atomic mass is 9.46. The van der Waals surface area contributed by atoms with Crippen molar-refractivity contribution in [3.8, 4) is 5.75 Å². The van der Waals surface area contributed by atoms with Crippen molar-refractivity contribution in [3.63, 3.8) is 0 Å². The number of nitrogens with one attached hydrogen (secondary N) is 2. The van der Waals surface area contributed by atoms with Gasteiger partial charge in [-0.3, -0.25) is 9.59 Å². The van der Waals surface area contributed by atoms with E-state index in [-0.39, 0.29) is 22.8 Å². The van der Waals surface area contributed by atoms with E-state index in [1.165, 1.54) is 12.0 Å². The van der Waals surface area contributed by atoms with E-state index in [4.69, 9.17) is 4.74 Å². The van der Waals surface area contributed by atoms with E-state index in [1.54, 1.807) is 14.0 Å². The minimum Gasteiger partial charge on any atom is -0.496 e. The van der Waals surface area contributed by atoms with Crippen molar-refractivity contribution in [2.45, 2.75) is 57.4 Å². The van der Waals surface area contributed by atoms with E-state index in [1.807, 2.05) is 36.4 Å². The van der Waals surface area contributed by atoms with Crippen molar-refractivity contribution in [1.82, 2.24) is 5.32 Å². The minimum absolute atomic E-state index is 0.0169. The summed E-state index contributed by atoms with van der Waals surface area (Å²) in [5, 5.41) is 6.49. The average molecular weight is 433 g/mol. The number of benzene rings is 2. The Morgan fingerprint density at radius 2 is 1.75 bits per heavy atom. The number of carbonyl (C=O) groups is 2. The van der Waals surface area contributed by atoms with E-state index >= 15 is 0 Å². The summed E-state index contributed by atoms with van der Waals surface area (Å²) in [4.78, 5) is 25.6. The van der Waals surface area contributed by atoms with Crippen LogP contribution in [0.15, 0.2) is 48.5 Å². The van der Waals surface area contributed by atoms with Gasteiger partial charge in [0.1, 0.15) is 5.75 Å². The molecule has 2 N–H and O–H groups in total. The summed E-state index contributed by atoms with van der Waals surface area (Å²) in [6.45, 7) is 1.59. The maximum atomic E-state index is 13.7. The van der Waals surface area contributed by atoms with Crippen molar-refractivity contribution >= 4 is 17.5 Å². The Morgan fingerprint density at radius 3 is 2.41 bits per heavy atom. The number of hydrogen-bond donors (Lipinski definition) is 2. The van der Waals surface area contributed by atoms with Gasteiger partial charge in [-0.15, -0.1) is 0 Å². The van der Waals surface area contributed by atoms with Crippen molar-refractivity contribution in [1.29, 1.82) is 0 Å². The predicted molar refractivity (Wildman–Crippen MR) is 125 cm³/mol. The quantitative estimate of drug-likeness (QED) is 0.695. The van der Waals surface area contributed by atoms with Gasteiger partial charge in [0.05, 0.1) is 12.5 Å². The highest BCUT2D eigenvalue weighted by Gasteiger charge is 2.60. The molecule has 0 saturated heterocycles. The van der Waals surface area contributed by atoms with Crippen LogP contribution in [0.1, 0.15) is 56.6 Å². The molecule has 2 aromatic carbocycles. The molecule has 4 aliphatic rings. The largest absolute Gasteiger partial charge is 0.496 e. The van der Waals surface area contributed by atoms with Gasteiger partial charge in [0.2, 0.25) is 11.8 Å².